The Bertz CT molecular complexity index is 445. The molecule has 3 unspecified atom stereocenters. The van der Waals surface area contributed by atoms with Crippen molar-refractivity contribution in [3.05, 3.63) is 16.1 Å². The van der Waals surface area contributed by atoms with Crippen LogP contribution in [0.3, 0.4) is 0 Å². The van der Waals surface area contributed by atoms with Crippen LogP contribution in [0.25, 0.3) is 0 Å². The first-order chi connectivity index (χ1) is 8.65. The Hall–Kier alpha value is -0.940. The molecule has 1 aromatic rings. The molecule has 1 amide bonds. The molecule has 4 nitrogen and oxygen atoms in total. The molecule has 1 aliphatic heterocycles. The Morgan fingerprint density at radius 3 is 2.72 bits per heavy atom. The topological polar surface area (TPSA) is 59.2 Å². The van der Waals surface area contributed by atoms with Crippen molar-refractivity contribution in [2.24, 2.45) is 17.6 Å². The van der Waals surface area contributed by atoms with Gasteiger partial charge in [-0.25, -0.2) is 4.98 Å². The van der Waals surface area contributed by atoms with Gasteiger partial charge in [-0.3, -0.25) is 4.79 Å². The Balaban J connectivity index is 1.71. The van der Waals surface area contributed by atoms with Crippen LogP contribution in [-0.4, -0.2) is 28.9 Å². The van der Waals surface area contributed by atoms with Crippen LogP contribution in [0, 0.1) is 11.8 Å². The standard InChI is InChI=1S/C13H19N3OS/c1-8(14)12-15-11(7-18-12)13(17)16-5-9-3-2-4-10(9)6-16/h7-10H,2-6,14H2,1H3. The SMILES string of the molecule is CC(N)c1nc(C(=O)N2CC3CCCC3C2)cs1. The second-order valence-corrected chi connectivity index (χ2v) is 6.41. The third kappa shape index (κ3) is 2.06. The average molecular weight is 265 g/mol. The number of thiazole rings is 1. The van der Waals surface area contributed by atoms with E-state index in [0.29, 0.717) is 5.69 Å². The molecular formula is C13H19N3OS. The second kappa shape index (κ2) is 4.63. The van der Waals surface area contributed by atoms with E-state index in [-0.39, 0.29) is 11.9 Å². The van der Waals surface area contributed by atoms with Crippen molar-refractivity contribution in [1.82, 2.24) is 9.88 Å². The number of fused-ring (bicyclic) bond motifs is 1. The van der Waals surface area contributed by atoms with Crippen LogP contribution in [0.4, 0.5) is 0 Å². The summed E-state index contributed by atoms with van der Waals surface area (Å²) in [6.45, 7) is 3.75. The van der Waals surface area contributed by atoms with E-state index in [9.17, 15) is 4.79 Å². The molecule has 1 aliphatic carbocycles. The van der Waals surface area contributed by atoms with Crippen LogP contribution >= 0.6 is 11.3 Å². The van der Waals surface area contributed by atoms with Gasteiger partial charge in [-0.15, -0.1) is 11.3 Å². The van der Waals surface area contributed by atoms with Crippen molar-refractivity contribution in [3.63, 3.8) is 0 Å². The molecule has 1 aromatic heterocycles. The fourth-order valence-electron chi connectivity index (χ4n) is 3.16. The van der Waals surface area contributed by atoms with E-state index >= 15 is 0 Å². The van der Waals surface area contributed by atoms with Gasteiger partial charge in [-0.1, -0.05) is 6.42 Å². The Morgan fingerprint density at radius 1 is 1.50 bits per heavy atom. The lowest BCUT2D eigenvalue weighted by Gasteiger charge is -2.15. The van der Waals surface area contributed by atoms with Crippen molar-refractivity contribution in [2.75, 3.05) is 13.1 Å². The van der Waals surface area contributed by atoms with E-state index in [0.717, 1.165) is 29.9 Å². The molecule has 98 valence electrons. The van der Waals surface area contributed by atoms with Gasteiger partial charge < -0.3 is 10.6 Å². The molecule has 5 heteroatoms. The zero-order chi connectivity index (χ0) is 12.7. The van der Waals surface area contributed by atoms with Crippen molar-refractivity contribution in [1.29, 1.82) is 0 Å². The highest BCUT2D eigenvalue weighted by Gasteiger charge is 2.38. The molecular weight excluding hydrogens is 246 g/mol. The minimum Gasteiger partial charge on any atom is -0.337 e. The molecule has 2 heterocycles. The third-order valence-electron chi connectivity index (χ3n) is 4.14. The second-order valence-electron chi connectivity index (χ2n) is 5.52. The predicted molar refractivity (Wildman–Crippen MR) is 71.5 cm³/mol. The first-order valence-electron chi connectivity index (χ1n) is 6.65. The van der Waals surface area contributed by atoms with Crippen molar-refractivity contribution < 1.29 is 4.79 Å². The van der Waals surface area contributed by atoms with Crippen LogP contribution < -0.4 is 5.73 Å². The van der Waals surface area contributed by atoms with Crippen molar-refractivity contribution >= 4 is 17.2 Å². The first-order valence-corrected chi connectivity index (χ1v) is 7.53. The summed E-state index contributed by atoms with van der Waals surface area (Å²) < 4.78 is 0. The summed E-state index contributed by atoms with van der Waals surface area (Å²) in [5, 5.41) is 2.69. The average Bonchev–Trinajstić information content (AvgIpc) is 3.02. The van der Waals surface area contributed by atoms with Crippen LogP contribution in [0.2, 0.25) is 0 Å². The Kier molecular flexibility index (Phi) is 3.11. The quantitative estimate of drug-likeness (QED) is 0.890. The number of hydrogen-bond donors (Lipinski definition) is 1. The summed E-state index contributed by atoms with van der Waals surface area (Å²) in [4.78, 5) is 18.7. The van der Waals surface area contributed by atoms with Crippen LogP contribution in [0.5, 0.6) is 0 Å². The lowest BCUT2D eigenvalue weighted by Crippen LogP contribution is -2.29. The number of carbonyl (C=O) groups is 1. The highest BCUT2D eigenvalue weighted by molar-refractivity contribution is 7.09. The molecule has 3 atom stereocenters. The van der Waals surface area contributed by atoms with Gasteiger partial charge >= 0.3 is 0 Å². The molecule has 1 saturated heterocycles. The molecule has 2 N–H and O–H groups in total. The number of nitrogens with zero attached hydrogens (tertiary/aromatic N) is 2. The fraction of sp³-hybridized carbons (Fsp3) is 0.692. The van der Waals surface area contributed by atoms with E-state index in [1.807, 2.05) is 17.2 Å². The van der Waals surface area contributed by atoms with E-state index in [1.165, 1.54) is 30.6 Å². The normalized spacial score (nSPS) is 28.4. The Labute approximate surface area is 111 Å². The molecule has 0 aromatic carbocycles. The van der Waals surface area contributed by atoms with E-state index in [4.69, 9.17) is 5.73 Å². The van der Waals surface area contributed by atoms with Crippen LogP contribution in [0.1, 0.15) is 47.7 Å². The van der Waals surface area contributed by atoms with Gasteiger partial charge in [0.25, 0.3) is 5.91 Å². The molecule has 2 fully saturated rings. The molecule has 18 heavy (non-hydrogen) atoms. The third-order valence-corrected chi connectivity index (χ3v) is 5.19. The molecule has 0 spiro atoms. The van der Waals surface area contributed by atoms with E-state index in [1.54, 1.807) is 0 Å². The zero-order valence-electron chi connectivity index (χ0n) is 10.6. The minimum atomic E-state index is -0.0884. The van der Waals surface area contributed by atoms with Gasteiger partial charge in [0.1, 0.15) is 10.7 Å². The molecule has 1 saturated carbocycles. The molecule has 2 aliphatic rings. The summed E-state index contributed by atoms with van der Waals surface area (Å²) in [7, 11) is 0. The molecule has 3 rings (SSSR count). The summed E-state index contributed by atoms with van der Waals surface area (Å²) >= 11 is 1.48. The summed E-state index contributed by atoms with van der Waals surface area (Å²) in [5.41, 5.74) is 6.35. The monoisotopic (exact) mass is 265 g/mol. The lowest BCUT2D eigenvalue weighted by molar-refractivity contribution is 0.0775. The van der Waals surface area contributed by atoms with Gasteiger partial charge in [0.2, 0.25) is 0 Å². The summed E-state index contributed by atoms with van der Waals surface area (Å²) in [5.74, 6) is 1.56. The fourth-order valence-corrected chi connectivity index (χ4v) is 3.91. The number of carbonyl (C=O) groups excluding carboxylic acids is 1. The van der Waals surface area contributed by atoms with Crippen LogP contribution in [-0.2, 0) is 0 Å². The highest BCUT2D eigenvalue weighted by Crippen LogP contribution is 2.38. The number of aromatic nitrogens is 1. The molecule has 0 bridgehead atoms. The maximum atomic E-state index is 12.3. The summed E-state index contributed by atoms with van der Waals surface area (Å²) in [6.07, 6.45) is 3.91. The first kappa shape index (κ1) is 12.1. The Morgan fingerprint density at radius 2 is 2.17 bits per heavy atom. The number of likely N-dealkylation sites (tertiary alicyclic amines) is 1. The van der Waals surface area contributed by atoms with Gasteiger partial charge in [0.15, 0.2) is 0 Å². The van der Waals surface area contributed by atoms with Gasteiger partial charge in [-0.2, -0.15) is 0 Å². The van der Waals surface area contributed by atoms with Crippen molar-refractivity contribution in [2.45, 2.75) is 32.2 Å². The number of amides is 1. The maximum absolute atomic E-state index is 12.3. The van der Waals surface area contributed by atoms with Gasteiger partial charge in [-0.05, 0) is 31.6 Å². The number of hydrogen-bond acceptors (Lipinski definition) is 4. The largest absolute Gasteiger partial charge is 0.337 e. The maximum Gasteiger partial charge on any atom is 0.273 e. The van der Waals surface area contributed by atoms with Gasteiger partial charge in [0.05, 0.1) is 6.04 Å². The zero-order valence-corrected chi connectivity index (χ0v) is 11.4. The van der Waals surface area contributed by atoms with Gasteiger partial charge in [0, 0.05) is 18.5 Å². The predicted octanol–water partition coefficient (Wildman–Crippen LogP) is 2.03. The lowest BCUT2D eigenvalue weighted by atomic mass is 10.0. The van der Waals surface area contributed by atoms with E-state index < -0.39 is 0 Å². The van der Waals surface area contributed by atoms with Crippen molar-refractivity contribution in [3.8, 4) is 0 Å². The highest BCUT2D eigenvalue weighted by atomic mass is 32.1. The van der Waals surface area contributed by atoms with E-state index in [2.05, 4.69) is 4.98 Å². The number of nitrogens with two attached hydrogens (primary N) is 1. The summed E-state index contributed by atoms with van der Waals surface area (Å²) in [6, 6.07) is -0.0884. The minimum absolute atomic E-state index is 0.0884. The smallest absolute Gasteiger partial charge is 0.273 e. The van der Waals surface area contributed by atoms with Crippen LogP contribution in [0.15, 0.2) is 5.38 Å². The number of rotatable bonds is 2. The molecule has 0 radical (unpaired) electrons.